The number of hydrogen-bond acceptors (Lipinski definition) is 4. The molecule has 0 unspecified atom stereocenters. The van der Waals surface area contributed by atoms with E-state index in [9.17, 15) is 9.59 Å². The van der Waals surface area contributed by atoms with Crippen molar-refractivity contribution in [2.75, 3.05) is 37.1 Å². The molecule has 130 valence electrons. The molecule has 0 aliphatic carbocycles. The Kier molecular flexibility index (Phi) is 4.83. The average Bonchev–Trinajstić information content (AvgIpc) is 2.64. The molecule has 1 aliphatic rings. The van der Waals surface area contributed by atoms with Crippen LogP contribution in [0.2, 0.25) is 0 Å². The molecule has 0 saturated carbocycles. The van der Waals surface area contributed by atoms with Gasteiger partial charge in [-0.25, -0.2) is 14.8 Å². The largest absolute Gasteiger partial charge is 0.354 e. The average molecular weight is 339 g/mol. The third-order valence-corrected chi connectivity index (χ3v) is 4.20. The zero-order chi connectivity index (χ0) is 17.8. The van der Waals surface area contributed by atoms with Gasteiger partial charge in [0.2, 0.25) is 5.91 Å². The second kappa shape index (κ2) is 7.21. The van der Waals surface area contributed by atoms with Crippen molar-refractivity contribution in [1.82, 2.24) is 15.3 Å². The topological polar surface area (TPSA) is 68.8 Å². The van der Waals surface area contributed by atoms with Crippen molar-refractivity contribution in [2.24, 2.45) is 0 Å². The maximum Gasteiger partial charge on any atom is 0.343 e. The normalized spacial score (nSPS) is 13.7. The summed E-state index contributed by atoms with van der Waals surface area (Å²) in [5.74, 6) is 0.443. The van der Waals surface area contributed by atoms with Crippen molar-refractivity contribution in [3.63, 3.8) is 0 Å². The lowest BCUT2D eigenvalue weighted by molar-refractivity contribution is -0.119. The van der Waals surface area contributed by atoms with Crippen molar-refractivity contribution in [3.8, 4) is 0 Å². The molecule has 1 aromatic carbocycles. The molecule has 1 aliphatic heterocycles. The highest BCUT2D eigenvalue weighted by Gasteiger charge is 2.33. The summed E-state index contributed by atoms with van der Waals surface area (Å²) in [4.78, 5) is 30.6. The Balaban J connectivity index is 1.64. The highest BCUT2D eigenvalue weighted by atomic mass is 16.2. The van der Waals surface area contributed by atoms with E-state index >= 15 is 0 Å². The lowest BCUT2D eigenvalue weighted by Crippen LogP contribution is -2.55. The first kappa shape index (κ1) is 16.8. The summed E-state index contributed by atoms with van der Waals surface area (Å²) in [6, 6.07) is 13.2. The van der Waals surface area contributed by atoms with Gasteiger partial charge in [-0.15, -0.1) is 0 Å². The van der Waals surface area contributed by atoms with Crippen LogP contribution in [0, 0.1) is 0 Å². The molecule has 0 radical (unpaired) electrons. The van der Waals surface area contributed by atoms with Crippen LogP contribution < -0.4 is 15.2 Å². The fourth-order valence-electron chi connectivity index (χ4n) is 2.74. The number of pyridine rings is 1. The van der Waals surface area contributed by atoms with Crippen molar-refractivity contribution in [3.05, 3.63) is 54.2 Å². The molecule has 0 atom stereocenters. The summed E-state index contributed by atoms with van der Waals surface area (Å²) in [6.45, 7) is 0.491. The Labute approximate surface area is 146 Å². The second-order valence-electron chi connectivity index (χ2n) is 5.85. The fourth-order valence-corrected chi connectivity index (χ4v) is 2.74. The Bertz CT molecular complexity index is 765. The predicted molar refractivity (Wildman–Crippen MR) is 96.3 cm³/mol. The minimum absolute atomic E-state index is 0.0372. The molecule has 0 spiro atoms. The second-order valence-corrected chi connectivity index (χ2v) is 5.85. The van der Waals surface area contributed by atoms with E-state index in [0.717, 1.165) is 12.0 Å². The molecule has 7 heteroatoms. The molecular weight excluding hydrogens is 318 g/mol. The van der Waals surface area contributed by atoms with Gasteiger partial charge in [0.25, 0.3) is 0 Å². The van der Waals surface area contributed by atoms with E-state index in [1.807, 2.05) is 30.3 Å². The summed E-state index contributed by atoms with van der Waals surface area (Å²) in [5, 5.41) is 5.98. The molecule has 3 rings (SSSR count). The number of nitrogens with one attached hydrogen (secondary N) is 1. The summed E-state index contributed by atoms with van der Waals surface area (Å²) >= 11 is 0. The fraction of sp³-hybridized carbons (Fsp3) is 0.278. The zero-order valence-electron chi connectivity index (χ0n) is 14.3. The number of benzene rings is 1. The Morgan fingerprint density at radius 1 is 1.08 bits per heavy atom. The Hall–Kier alpha value is -3.09. The highest BCUT2D eigenvalue weighted by Crippen LogP contribution is 2.31. The quantitative estimate of drug-likeness (QED) is 0.900. The molecule has 1 N–H and O–H groups in total. The van der Waals surface area contributed by atoms with Crippen molar-refractivity contribution >= 4 is 23.4 Å². The number of carbonyl (C=O) groups excluding carboxylic acids is 2. The molecule has 1 aromatic heterocycles. The van der Waals surface area contributed by atoms with Crippen LogP contribution >= 0.6 is 0 Å². The molecule has 7 nitrogen and oxygen atoms in total. The predicted octanol–water partition coefficient (Wildman–Crippen LogP) is 1.66. The number of carbonyl (C=O) groups is 2. The van der Waals surface area contributed by atoms with Gasteiger partial charge >= 0.3 is 6.03 Å². The summed E-state index contributed by atoms with van der Waals surface area (Å²) in [6.07, 6.45) is 2.42. The molecule has 3 amide bonds. The van der Waals surface area contributed by atoms with E-state index in [4.69, 9.17) is 0 Å². The van der Waals surface area contributed by atoms with Crippen LogP contribution in [0.1, 0.15) is 5.56 Å². The number of nitrogens with zero attached hydrogens (tertiary/aromatic N) is 4. The molecule has 0 bridgehead atoms. The van der Waals surface area contributed by atoms with E-state index in [0.29, 0.717) is 18.1 Å². The van der Waals surface area contributed by atoms with E-state index in [-0.39, 0.29) is 18.5 Å². The van der Waals surface area contributed by atoms with Gasteiger partial charge in [-0.3, -0.25) is 14.7 Å². The van der Waals surface area contributed by atoms with Gasteiger partial charge in [0, 0.05) is 26.8 Å². The standard InChI is InChI=1S/C18H21N5O2/c1-21-17-15(9-6-11-20-17)23(18(25)22(21)2)13-16(24)19-12-10-14-7-4-3-5-8-14/h3-9,11H,10,12-13H2,1-2H3,(H,19,24). The first-order valence-corrected chi connectivity index (χ1v) is 8.12. The number of anilines is 2. The first-order valence-electron chi connectivity index (χ1n) is 8.12. The maximum atomic E-state index is 12.5. The SMILES string of the molecule is CN1C(=O)N(CC(=O)NCCc2ccccc2)c2cccnc2N1C. The smallest absolute Gasteiger partial charge is 0.343 e. The number of hydrogen-bond donors (Lipinski definition) is 1. The lowest BCUT2D eigenvalue weighted by atomic mass is 10.1. The molecule has 2 aromatic rings. The number of amides is 3. The van der Waals surface area contributed by atoms with Crippen LogP contribution in [-0.4, -0.2) is 49.1 Å². The van der Waals surface area contributed by atoms with Crippen LogP contribution in [-0.2, 0) is 11.2 Å². The highest BCUT2D eigenvalue weighted by molar-refractivity contribution is 6.02. The van der Waals surface area contributed by atoms with Crippen molar-refractivity contribution < 1.29 is 9.59 Å². The summed E-state index contributed by atoms with van der Waals surface area (Å²) in [5.41, 5.74) is 1.79. The van der Waals surface area contributed by atoms with Crippen LogP contribution in [0.4, 0.5) is 16.3 Å². The number of urea groups is 1. The molecule has 0 fully saturated rings. The summed E-state index contributed by atoms with van der Waals surface area (Å²) in [7, 11) is 3.42. The van der Waals surface area contributed by atoms with Crippen molar-refractivity contribution in [1.29, 1.82) is 0 Å². The third-order valence-electron chi connectivity index (χ3n) is 4.20. The van der Waals surface area contributed by atoms with Gasteiger partial charge in [0.05, 0.1) is 5.69 Å². The van der Waals surface area contributed by atoms with Crippen LogP contribution in [0.3, 0.4) is 0 Å². The molecule has 2 heterocycles. The van der Waals surface area contributed by atoms with E-state index in [1.165, 1.54) is 9.91 Å². The van der Waals surface area contributed by atoms with Gasteiger partial charge < -0.3 is 5.32 Å². The molecular formula is C18H21N5O2. The van der Waals surface area contributed by atoms with Crippen LogP contribution in [0.5, 0.6) is 0 Å². The number of aromatic nitrogens is 1. The molecule has 25 heavy (non-hydrogen) atoms. The first-order chi connectivity index (χ1) is 12.1. The third kappa shape index (κ3) is 3.55. The number of hydrazine groups is 1. The minimum atomic E-state index is -0.263. The van der Waals surface area contributed by atoms with E-state index < -0.39 is 0 Å². The van der Waals surface area contributed by atoms with Gasteiger partial charge in [-0.05, 0) is 24.1 Å². The molecule has 0 saturated heterocycles. The Morgan fingerprint density at radius 3 is 2.60 bits per heavy atom. The van der Waals surface area contributed by atoms with Gasteiger partial charge in [0.1, 0.15) is 6.54 Å². The monoisotopic (exact) mass is 339 g/mol. The van der Waals surface area contributed by atoms with Crippen LogP contribution in [0.25, 0.3) is 0 Å². The van der Waals surface area contributed by atoms with E-state index in [2.05, 4.69) is 10.3 Å². The van der Waals surface area contributed by atoms with Gasteiger partial charge in [-0.2, -0.15) is 0 Å². The van der Waals surface area contributed by atoms with Gasteiger partial charge in [-0.1, -0.05) is 30.3 Å². The van der Waals surface area contributed by atoms with Crippen LogP contribution in [0.15, 0.2) is 48.7 Å². The van der Waals surface area contributed by atoms with Crippen molar-refractivity contribution in [2.45, 2.75) is 6.42 Å². The maximum absolute atomic E-state index is 12.5. The summed E-state index contributed by atoms with van der Waals surface area (Å²) < 4.78 is 0. The van der Waals surface area contributed by atoms with Gasteiger partial charge in [0.15, 0.2) is 5.82 Å². The minimum Gasteiger partial charge on any atom is -0.354 e. The number of fused-ring (bicyclic) bond motifs is 1. The lowest BCUT2D eigenvalue weighted by Gasteiger charge is -2.40. The zero-order valence-corrected chi connectivity index (χ0v) is 14.3. The number of rotatable bonds is 5. The Morgan fingerprint density at radius 2 is 1.84 bits per heavy atom. The van der Waals surface area contributed by atoms with E-state index in [1.54, 1.807) is 37.4 Å².